The number of nitrogens with zero attached hydrogens (tertiary/aromatic N) is 1. The van der Waals surface area contributed by atoms with Crippen LogP contribution in [-0.2, 0) is 6.54 Å². The van der Waals surface area contributed by atoms with Crippen LogP contribution in [0.3, 0.4) is 0 Å². The standard InChI is InChI=1S/C15H17FN2O/c1-11(14-5-3-4-8-17-14)18-10-12-6-7-15(19-2)13(16)9-12/h3-9,11,18H,10H2,1-2H3/t11-/m0/s1. The summed E-state index contributed by atoms with van der Waals surface area (Å²) < 4.78 is 18.4. The third-order valence-electron chi connectivity index (χ3n) is 2.96. The zero-order chi connectivity index (χ0) is 13.7. The maximum Gasteiger partial charge on any atom is 0.165 e. The Balaban J connectivity index is 1.97. The van der Waals surface area contributed by atoms with E-state index in [1.54, 1.807) is 12.3 Å². The van der Waals surface area contributed by atoms with Crippen LogP contribution in [-0.4, -0.2) is 12.1 Å². The molecular weight excluding hydrogens is 243 g/mol. The second-order valence-corrected chi connectivity index (χ2v) is 4.33. The summed E-state index contributed by atoms with van der Waals surface area (Å²) in [6, 6.07) is 10.9. The molecule has 0 radical (unpaired) electrons. The zero-order valence-corrected chi connectivity index (χ0v) is 11.1. The van der Waals surface area contributed by atoms with Crippen LogP contribution in [0.15, 0.2) is 42.6 Å². The van der Waals surface area contributed by atoms with E-state index >= 15 is 0 Å². The normalized spacial score (nSPS) is 12.2. The van der Waals surface area contributed by atoms with E-state index in [2.05, 4.69) is 10.3 Å². The molecule has 0 unspecified atom stereocenters. The molecule has 100 valence electrons. The number of benzene rings is 1. The van der Waals surface area contributed by atoms with Gasteiger partial charge in [-0.15, -0.1) is 0 Å². The van der Waals surface area contributed by atoms with E-state index < -0.39 is 0 Å². The average molecular weight is 260 g/mol. The predicted molar refractivity (Wildman–Crippen MR) is 72.4 cm³/mol. The molecule has 3 nitrogen and oxygen atoms in total. The average Bonchev–Trinajstić information content (AvgIpc) is 2.46. The van der Waals surface area contributed by atoms with E-state index in [1.807, 2.05) is 31.2 Å². The molecule has 0 fully saturated rings. The van der Waals surface area contributed by atoms with Crippen molar-refractivity contribution in [3.05, 3.63) is 59.7 Å². The van der Waals surface area contributed by atoms with Gasteiger partial charge in [0, 0.05) is 18.8 Å². The lowest BCUT2D eigenvalue weighted by Gasteiger charge is -2.13. The maximum absolute atomic E-state index is 13.5. The fraction of sp³-hybridized carbons (Fsp3) is 0.267. The Morgan fingerprint density at radius 1 is 1.32 bits per heavy atom. The summed E-state index contributed by atoms with van der Waals surface area (Å²) in [6.45, 7) is 2.61. The van der Waals surface area contributed by atoms with Gasteiger partial charge in [0.25, 0.3) is 0 Å². The lowest BCUT2D eigenvalue weighted by Crippen LogP contribution is -2.19. The minimum Gasteiger partial charge on any atom is -0.494 e. The third kappa shape index (κ3) is 3.51. The highest BCUT2D eigenvalue weighted by molar-refractivity contribution is 5.29. The molecule has 0 aliphatic heterocycles. The fourth-order valence-corrected chi connectivity index (χ4v) is 1.83. The second kappa shape index (κ2) is 6.29. The smallest absolute Gasteiger partial charge is 0.165 e. The number of rotatable bonds is 5. The molecule has 0 aliphatic rings. The summed E-state index contributed by atoms with van der Waals surface area (Å²) in [6.07, 6.45) is 1.76. The van der Waals surface area contributed by atoms with Gasteiger partial charge < -0.3 is 10.1 Å². The molecule has 1 heterocycles. The van der Waals surface area contributed by atoms with Crippen LogP contribution in [0.2, 0.25) is 0 Å². The van der Waals surface area contributed by atoms with Crippen LogP contribution in [0, 0.1) is 5.82 Å². The van der Waals surface area contributed by atoms with E-state index in [9.17, 15) is 4.39 Å². The minimum atomic E-state index is -0.340. The molecular formula is C15H17FN2O. The van der Waals surface area contributed by atoms with Crippen LogP contribution >= 0.6 is 0 Å². The number of hydrogen-bond acceptors (Lipinski definition) is 3. The Kier molecular flexibility index (Phi) is 4.47. The van der Waals surface area contributed by atoms with Crippen molar-refractivity contribution in [2.45, 2.75) is 19.5 Å². The Hall–Kier alpha value is -1.94. The summed E-state index contributed by atoms with van der Waals surface area (Å²) in [5.41, 5.74) is 1.84. The molecule has 4 heteroatoms. The lowest BCUT2D eigenvalue weighted by atomic mass is 10.1. The molecule has 1 aromatic carbocycles. The first-order chi connectivity index (χ1) is 9.20. The highest BCUT2D eigenvalue weighted by Crippen LogP contribution is 2.18. The van der Waals surface area contributed by atoms with Gasteiger partial charge in [0.2, 0.25) is 0 Å². The van der Waals surface area contributed by atoms with Gasteiger partial charge in [-0.25, -0.2) is 4.39 Å². The Morgan fingerprint density at radius 2 is 2.16 bits per heavy atom. The van der Waals surface area contributed by atoms with Crippen LogP contribution in [0.1, 0.15) is 24.2 Å². The van der Waals surface area contributed by atoms with Crippen molar-refractivity contribution in [3.63, 3.8) is 0 Å². The van der Waals surface area contributed by atoms with Gasteiger partial charge >= 0.3 is 0 Å². The Bertz CT molecular complexity index is 531. The van der Waals surface area contributed by atoms with Gasteiger partial charge in [-0.3, -0.25) is 4.98 Å². The third-order valence-corrected chi connectivity index (χ3v) is 2.96. The molecule has 2 rings (SSSR count). The first-order valence-electron chi connectivity index (χ1n) is 6.17. The number of pyridine rings is 1. The number of aromatic nitrogens is 1. The monoisotopic (exact) mass is 260 g/mol. The summed E-state index contributed by atoms with van der Waals surface area (Å²) in [7, 11) is 1.46. The van der Waals surface area contributed by atoms with E-state index in [0.717, 1.165) is 11.3 Å². The molecule has 0 saturated carbocycles. The lowest BCUT2D eigenvalue weighted by molar-refractivity contribution is 0.386. The molecule has 0 saturated heterocycles. The molecule has 1 aromatic heterocycles. The zero-order valence-electron chi connectivity index (χ0n) is 11.1. The highest BCUT2D eigenvalue weighted by Gasteiger charge is 2.07. The molecule has 0 aliphatic carbocycles. The summed E-state index contributed by atoms with van der Waals surface area (Å²) in [5, 5.41) is 3.31. The summed E-state index contributed by atoms with van der Waals surface area (Å²) >= 11 is 0. The molecule has 2 aromatic rings. The largest absolute Gasteiger partial charge is 0.494 e. The topological polar surface area (TPSA) is 34.1 Å². The molecule has 1 atom stereocenters. The maximum atomic E-state index is 13.5. The van der Waals surface area contributed by atoms with Crippen LogP contribution in [0.25, 0.3) is 0 Å². The van der Waals surface area contributed by atoms with Gasteiger partial charge in [-0.2, -0.15) is 0 Å². The number of hydrogen-bond donors (Lipinski definition) is 1. The number of methoxy groups -OCH3 is 1. The Morgan fingerprint density at radius 3 is 2.79 bits per heavy atom. The minimum absolute atomic E-state index is 0.117. The van der Waals surface area contributed by atoms with E-state index in [-0.39, 0.29) is 17.6 Å². The van der Waals surface area contributed by atoms with Crippen LogP contribution in [0.4, 0.5) is 4.39 Å². The van der Waals surface area contributed by atoms with Crippen molar-refractivity contribution in [3.8, 4) is 5.75 Å². The second-order valence-electron chi connectivity index (χ2n) is 4.33. The van der Waals surface area contributed by atoms with Crippen molar-refractivity contribution in [1.29, 1.82) is 0 Å². The van der Waals surface area contributed by atoms with Gasteiger partial charge in [0.05, 0.1) is 12.8 Å². The van der Waals surface area contributed by atoms with Gasteiger partial charge in [0.1, 0.15) is 0 Å². The number of halogens is 1. The SMILES string of the molecule is COc1ccc(CN[C@@H](C)c2ccccn2)cc1F. The van der Waals surface area contributed by atoms with Gasteiger partial charge in [-0.1, -0.05) is 12.1 Å². The van der Waals surface area contributed by atoms with E-state index in [1.165, 1.54) is 13.2 Å². The number of ether oxygens (including phenoxy) is 1. The van der Waals surface area contributed by atoms with Crippen molar-refractivity contribution < 1.29 is 9.13 Å². The molecule has 0 bridgehead atoms. The quantitative estimate of drug-likeness (QED) is 0.897. The summed E-state index contributed by atoms with van der Waals surface area (Å²) in [4.78, 5) is 4.28. The van der Waals surface area contributed by atoms with Crippen molar-refractivity contribution >= 4 is 0 Å². The molecule has 0 spiro atoms. The van der Waals surface area contributed by atoms with Crippen molar-refractivity contribution in [2.75, 3.05) is 7.11 Å². The first-order valence-corrected chi connectivity index (χ1v) is 6.17. The predicted octanol–water partition coefficient (Wildman–Crippen LogP) is 3.08. The molecule has 19 heavy (non-hydrogen) atoms. The Labute approximate surface area is 112 Å². The van der Waals surface area contributed by atoms with Crippen LogP contribution < -0.4 is 10.1 Å². The number of nitrogens with one attached hydrogen (secondary N) is 1. The van der Waals surface area contributed by atoms with E-state index in [0.29, 0.717) is 6.54 Å². The van der Waals surface area contributed by atoms with E-state index in [4.69, 9.17) is 4.74 Å². The first kappa shape index (κ1) is 13.5. The molecule has 1 N–H and O–H groups in total. The molecule has 0 amide bonds. The van der Waals surface area contributed by atoms with Crippen LogP contribution in [0.5, 0.6) is 5.75 Å². The fourth-order valence-electron chi connectivity index (χ4n) is 1.83. The highest BCUT2D eigenvalue weighted by atomic mass is 19.1. The van der Waals surface area contributed by atoms with Crippen molar-refractivity contribution in [1.82, 2.24) is 10.3 Å². The van der Waals surface area contributed by atoms with Gasteiger partial charge in [-0.05, 0) is 36.8 Å². The van der Waals surface area contributed by atoms with Crippen molar-refractivity contribution in [2.24, 2.45) is 0 Å². The summed E-state index contributed by atoms with van der Waals surface area (Å²) in [5.74, 6) is -0.0752. The van der Waals surface area contributed by atoms with Gasteiger partial charge in [0.15, 0.2) is 11.6 Å².